The van der Waals surface area contributed by atoms with Crippen molar-refractivity contribution < 1.29 is 36.3 Å². The van der Waals surface area contributed by atoms with Crippen LogP contribution in [0.2, 0.25) is 0 Å². The molecule has 0 amide bonds. The monoisotopic (exact) mass is 484 g/mol. The molecular formula is C22H32N2O8S. The quantitative estimate of drug-likeness (QED) is 0.616. The van der Waals surface area contributed by atoms with Crippen molar-refractivity contribution in [2.75, 3.05) is 44.3 Å². The van der Waals surface area contributed by atoms with Crippen LogP contribution in [0.25, 0.3) is 0 Å². The zero-order chi connectivity index (χ0) is 23.5. The van der Waals surface area contributed by atoms with E-state index in [-0.39, 0.29) is 19.3 Å². The van der Waals surface area contributed by atoms with E-state index in [1.54, 1.807) is 13.8 Å². The fourth-order valence-corrected chi connectivity index (χ4v) is 6.06. The molecule has 10 nitrogen and oxygen atoms in total. The number of ether oxygens (including phenoxy) is 5. The maximum Gasteiger partial charge on any atom is 0.338 e. The Hall–Kier alpha value is -1.31. The Labute approximate surface area is 194 Å². The van der Waals surface area contributed by atoms with Gasteiger partial charge in [-0.15, -0.1) is 0 Å². The predicted octanol–water partition coefficient (Wildman–Crippen LogP) is 1.47. The van der Waals surface area contributed by atoms with Crippen LogP contribution in [-0.4, -0.2) is 87.8 Å². The Morgan fingerprint density at radius 1 is 0.970 bits per heavy atom. The Morgan fingerprint density at radius 2 is 1.67 bits per heavy atom. The molecule has 4 aliphatic heterocycles. The van der Waals surface area contributed by atoms with Crippen LogP contribution in [0.3, 0.4) is 0 Å². The highest BCUT2D eigenvalue weighted by Crippen LogP contribution is 2.47. The first kappa shape index (κ1) is 23.4. The van der Waals surface area contributed by atoms with E-state index in [0.717, 1.165) is 5.69 Å². The van der Waals surface area contributed by atoms with Crippen molar-refractivity contribution in [2.24, 2.45) is 0 Å². The fraction of sp³-hybridized carbons (Fsp3) is 0.727. The van der Waals surface area contributed by atoms with E-state index < -0.39 is 39.9 Å². The standard InChI is InChI=1S/C22H32N2O8S/c1-20(2)29-17-14-27-22(19(18(17)30-20)31-21(3,4)32-22)15-28-33(25,26)24-12-10-23(11-13-24)16-8-6-5-7-9-16/h5-9,17-19H,10-15H2,1-4H3/t17-,18-,19-,22-/m1/s1. The molecule has 184 valence electrons. The Morgan fingerprint density at radius 3 is 2.36 bits per heavy atom. The van der Waals surface area contributed by atoms with Gasteiger partial charge in [0, 0.05) is 31.9 Å². The number of fused-ring (bicyclic) bond motifs is 3. The fourth-order valence-electron chi connectivity index (χ4n) is 4.99. The van der Waals surface area contributed by atoms with Crippen LogP contribution >= 0.6 is 0 Å². The molecule has 0 bridgehead atoms. The summed E-state index contributed by atoms with van der Waals surface area (Å²) in [5.41, 5.74) is 1.07. The molecule has 0 saturated carbocycles. The topological polar surface area (TPSA) is 96.0 Å². The minimum absolute atomic E-state index is 0.184. The summed E-state index contributed by atoms with van der Waals surface area (Å²) >= 11 is 0. The molecule has 0 radical (unpaired) electrons. The molecule has 4 atom stereocenters. The van der Waals surface area contributed by atoms with Crippen molar-refractivity contribution >= 4 is 16.0 Å². The van der Waals surface area contributed by atoms with E-state index >= 15 is 0 Å². The van der Waals surface area contributed by atoms with Crippen molar-refractivity contribution in [3.63, 3.8) is 0 Å². The van der Waals surface area contributed by atoms with Crippen LogP contribution in [-0.2, 0) is 38.2 Å². The molecule has 0 unspecified atom stereocenters. The number of para-hydroxylation sites is 1. The van der Waals surface area contributed by atoms with Gasteiger partial charge in [0.05, 0.1) is 6.61 Å². The number of nitrogens with zero attached hydrogens (tertiary/aromatic N) is 2. The van der Waals surface area contributed by atoms with Gasteiger partial charge < -0.3 is 28.6 Å². The van der Waals surface area contributed by atoms with E-state index in [0.29, 0.717) is 26.2 Å². The van der Waals surface area contributed by atoms with Crippen LogP contribution in [0.1, 0.15) is 27.7 Å². The van der Waals surface area contributed by atoms with Crippen LogP contribution in [0.4, 0.5) is 5.69 Å². The number of piperazine rings is 1. The highest BCUT2D eigenvalue weighted by Gasteiger charge is 2.66. The van der Waals surface area contributed by atoms with Gasteiger partial charge in [-0.2, -0.15) is 12.7 Å². The summed E-state index contributed by atoms with van der Waals surface area (Å²) in [6.45, 7) is 8.81. The van der Waals surface area contributed by atoms with Gasteiger partial charge >= 0.3 is 10.3 Å². The molecule has 0 N–H and O–H groups in total. The molecule has 4 fully saturated rings. The van der Waals surface area contributed by atoms with E-state index in [9.17, 15) is 8.42 Å². The summed E-state index contributed by atoms with van der Waals surface area (Å²) in [7, 11) is -4.00. The summed E-state index contributed by atoms with van der Waals surface area (Å²) < 4.78 is 63.1. The van der Waals surface area contributed by atoms with Crippen molar-refractivity contribution in [2.45, 2.75) is 63.4 Å². The lowest BCUT2D eigenvalue weighted by Crippen LogP contribution is -2.61. The molecule has 11 heteroatoms. The molecule has 0 spiro atoms. The number of anilines is 1. The predicted molar refractivity (Wildman–Crippen MR) is 118 cm³/mol. The summed E-state index contributed by atoms with van der Waals surface area (Å²) in [6, 6.07) is 9.93. The van der Waals surface area contributed by atoms with Crippen LogP contribution in [0, 0.1) is 0 Å². The zero-order valence-electron chi connectivity index (χ0n) is 19.4. The second-order valence-corrected chi connectivity index (χ2v) is 11.4. The smallest absolute Gasteiger partial charge is 0.338 e. The van der Waals surface area contributed by atoms with Gasteiger partial charge in [-0.05, 0) is 39.8 Å². The lowest BCUT2D eigenvalue weighted by atomic mass is 9.98. The Balaban J connectivity index is 1.26. The first-order valence-electron chi connectivity index (χ1n) is 11.3. The maximum absolute atomic E-state index is 13.0. The van der Waals surface area contributed by atoms with Crippen LogP contribution in [0.5, 0.6) is 0 Å². The molecule has 4 saturated heterocycles. The number of rotatable bonds is 5. The van der Waals surface area contributed by atoms with E-state index in [2.05, 4.69) is 4.90 Å². The second-order valence-electron chi connectivity index (χ2n) is 9.74. The number of benzene rings is 1. The minimum Gasteiger partial charge on any atom is -0.369 e. The summed E-state index contributed by atoms with van der Waals surface area (Å²) in [4.78, 5) is 2.15. The third-order valence-corrected chi connectivity index (χ3v) is 7.77. The average molecular weight is 485 g/mol. The molecular weight excluding hydrogens is 452 g/mol. The number of hydrogen-bond donors (Lipinski definition) is 0. The van der Waals surface area contributed by atoms with E-state index in [4.69, 9.17) is 27.9 Å². The minimum atomic E-state index is -4.00. The van der Waals surface area contributed by atoms with Crippen LogP contribution < -0.4 is 4.90 Å². The molecule has 4 heterocycles. The van der Waals surface area contributed by atoms with Gasteiger partial charge in [0.2, 0.25) is 5.79 Å². The van der Waals surface area contributed by atoms with Gasteiger partial charge in [-0.1, -0.05) is 18.2 Å². The molecule has 0 aliphatic carbocycles. The van der Waals surface area contributed by atoms with Gasteiger partial charge in [0.15, 0.2) is 11.6 Å². The molecule has 33 heavy (non-hydrogen) atoms. The van der Waals surface area contributed by atoms with Gasteiger partial charge in [0.25, 0.3) is 0 Å². The van der Waals surface area contributed by atoms with E-state index in [1.807, 2.05) is 44.2 Å². The molecule has 5 rings (SSSR count). The van der Waals surface area contributed by atoms with Crippen LogP contribution in [0.15, 0.2) is 30.3 Å². The van der Waals surface area contributed by atoms with Crippen molar-refractivity contribution in [1.82, 2.24) is 4.31 Å². The van der Waals surface area contributed by atoms with Gasteiger partial charge in [0.1, 0.15) is 24.9 Å². The third kappa shape index (κ3) is 4.53. The highest BCUT2D eigenvalue weighted by molar-refractivity contribution is 7.84. The van der Waals surface area contributed by atoms with Gasteiger partial charge in [-0.25, -0.2) is 0 Å². The Kier molecular flexibility index (Phi) is 5.77. The average Bonchev–Trinajstić information content (AvgIpc) is 3.24. The molecule has 4 aliphatic rings. The maximum atomic E-state index is 13.0. The van der Waals surface area contributed by atoms with Crippen molar-refractivity contribution in [3.05, 3.63) is 30.3 Å². The third-order valence-electron chi connectivity index (χ3n) is 6.36. The SMILES string of the molecule is CC1(C)O[C@H]2[C@H]3OC(C)(C)O[C@@]3(COS(=O)(=O)N3CCN(c4ccccc4)CC3)OC[C@H]2O1. The zero-order valence-corrected chi connectivity index (χ0v) is 20.2. The van der Waals surface area contributed by atoms with Crippen molar-refractivity contribution in [1.29, 1.82) is 0 Å². The first-order valence-corrected chi connectivity index (χ1v) is 12.7. The first-order chi connectivity index (χ1) is 15.5. The summed E-state index contributed by atoms with van der Waals surface area (Å²) in [5, 5.41) is 0. The van der Waals surface area contributed by atoms with Gasteiger partial charge in [-0.3, -0.25) is 4.18 Å². The summed E-state index contributed by atoms with van der Waals surface area (Å²) in [5.74, 6) is -3.20. The summed E-state index contributed by atoms with van der Waals surface area (Å²) in [6.07, 6.45) is -1.49. The molecule has 1 aromatic carbocycles. The molecule has 0 aromatic heterocycles. The van der Waals surface area contributed by atoms with E-state index in [1.165, 1.54) is 4.31 Å². The molecule has 1 aromatic rings. The second kappa shape index (κ2) is 8.13. The highest BCUT2D eigenvalue weighted by atomic mass is 32.2. The van der Waals surface area contributed by atoms with Crippen molar-refractivity contribution in [3.8, 4) is 0 Å². The largest absolute Gasteiger partial charge is 0.369 e. The lowest BCUT2D eigenvalue weighted by molar-refractivity contribution is -0.290. The number of hydrogen-bond acceptors (Lipinski definition) is 9. The normalized spacial score (nSPS) is 35.9. The Bertz CT molecular complexity index is 964. The lowest BCUT2D eigenvalue weighted by Gasteiger charge is -2.40.